The van der Waals surface area contributed by atoms with E-state index in [1.807, 2.05) is 0 Å². The van der Waals surface area contributed by atoms with Gasteiger partial charge in [0.05, 0.1) is 10.6 Å². The van der Waals surface area contributed by atoms with Crippen molar-refractivity contribution in [2.75, 3.05) is 0 Å². The van der Waals surface area contributed by atoms with Crippen LogP contribution in [-0.2, 0) is 16.6 Å². The Balaban J connectivity index is 1.86. The number of benzene rings is 2. The van der Waals surface area contributed by atoms with Crippen molar-refractivity contribution in [3.8, 4) is 11.3 Å². The van der Waals surface area contributed by atoms with E-state index in [1.165, 1.54) is 24.3 Å². The number of halogens is 2. The number of aromatic nitrogens is 1. The smallest absolute Gasteiger partial charge is 0.240 e. The summed E-state index contributed by atoms with van der Waals surface area (Å²) in [6.45, 7) is 0.0788. The number of nitrogens with zero attached hydrogens (tertiary/aromatic N) is 1. The minimum atomic E-state index is -3.65. The van der Waals surface area contributed by atoms with E-state index in [1.54, 1.807) is 42.6 Å². The monoisotopic (exact) mass is 420 g/mol. The standard InChI is InChI=1S/C18H14BrFN2O2S/c19-15-4-1-5-17(11-15)25(23,24)22-12-14-3-2-10-21-18(14)13-6-8-16(20)9-7-13/h1-11,22H,12H2. The van der Waals surface area contributed by atoms with Crippen LogP contribution in [0.1, 0.15) is 5.56 Å². The fourth-order valence-corrected chi connectivity index (χ4v) is 3.94. The van der Waals surface area contributed by atoms with Gasteiger partial charge in [0.2, 0.25) is 10.0 Å². The van der Waals surface area contributed by atoms with Crippen molar-refractivity contribution >= 4 is 26.0 Å². The van der Waals surface area contributed by atoms with Gasteiger partial charge in [-0.1, -0.05) is 28.1 Å². The Labute approximate surface area is 153 Å². The van der Waals surface area contributed by atoms with E-state index in [2.05, 4.69) is 25.6 Å². The van der Waals surface area contributed by atoms with Gasteiger partial charge in [-0.05, 0) is 54.1 Å². The largest absolute Gasteiger partial charge is 0.256 e. The fourth-order valence-electron chi connectivity index (χ4n) is 2.34. The van der Waals surface area contributed by atoms with E-state index in [-0.39, 0.29) is 17.3 Å². The van der Waals surface area contributed by atoms with Crippen molar-refractivity contribution in [2.24, 2.45) is 0 Å². The van der Waals surface area contributed by atoms with Crippen LogP contribution in [0.4, 0.5) is 4.39 Å². The zero-order chi connectivity index (χ0) is 17.9. The molecule has 25 heavy (non-hydrogen) atoms. The molecule has 1 N–H and O–H groups in total. The predicted molar refractivity (Wildman–Crippen MR) is 97.8 cm³/mol. The summed E-state index contributed by atoms with van der Waals surface area (Å²) in [5.74, 6) is -0.336. The van der Waals surface area contributed by atoms with Gasteiger partial charge in [0.1, 0.15) is 5.82 Å². The van der Waals surface area contributed by atoms with Crippen LogP contribution in [0, 0.1) is 5.82 Å². The zero-order valence-corrected chi connectivity index (χ0v) is 15.4. The number of nitrogens with one attached hydrogen (secondary N) is 1. The van der Waals surface area contributed by atoms with E-state index >= 15 is 0 Å². The van der Waals surface area contributed by atoms with Gasteiger partial charge in [-0.3, -0.25) is 4.98 Å². The SMILES string of the molecule is O=S(=O)(NCc1cccnc1-c1ccc(F)cc1)c1cccc(Br)c1. The van der Waals surface area contributed by atoms with Crippen molar-refractivity contribution in [3.63, 3.8) is 0 Å². The topological polar surface area (TPSA) is 59.1 Å². The Morgan fingerprint density at radius 1 is 1.04 bits per heavy atom. The van der Waals surface area contributed by atoms with Gasteiger partial charge < -0.3 is 0 Å². The van der Waals surface area contributed by atoms with Crippen LogP contribution in [0.15, 0.2) is 76.2 Å². The highest BCUT2D eigenvalue weighted by Gasteiger charge is 2.15. The van der Waals surface area contributed by atoms with Crippen LogP contribution in [0.3, 0.4) is 0 Å². The number of hydrogen-bond donors (Lipinski definition) is 1. The highest BCUT2D eigenvalue weighted by atomic mass is 79.9. The van der Waals surface area contributed by atoms with E-state index in [0.717, 1.165) is 5.56 Å². The quantitative estimate of drug-likeness (QED) is 0.674. The van der Waals surface area contributed by atoms with Crippen LogP contribution >= 0.6 is 15.9 Å². The Morgan fingerprint density at radius 3 is 2.52 bits per heavy atom. The van der Waals surface area contributed by atoms with Crippen LogP contribution in [-0.4, -0.2) is 13.4 Å². The summed E-state index contributed by atoms with van der Waals surface area (Å²) in [7, 11) is -3.65. The number of sulfonamides is 1. The van der Waals surface area contributed by atoms with Crippen molar-refractivity contribution in [2.45, 2.75) is 11.4 Å². The summed E-state index contributed by atoms with van der Waals surface area (Å²) in [6, 6.07) is 15.9. The summed E-state index contributed by atoms with van der Waals surface area (Å²) in [4.78, 5) is 4.48. The molecule has 0 aliphatic heterocycles. The first-order valence-electron chi connectivity index (χ1n) is 7.41. The van der Waals surface area contributed by atoms with Gasteiger partial charge in [-0.25, -0.2) is 17.5 Å². The molecule has 2 aromatic carbocycles. The molecule has 0 atom stereocenters. The second-order valence-corrected chi connectivity index (χ2v) is 7.98. The second kappa shape index (κ2) is 7.43. The lowest BCUT2D eigenvalue weighted by atomic mass is 10.1. The zero-order valence-electron chi connectivity index (χ0n) is 13.0. The van der Waals surface area contributed by atoms with Crippen molar-refractivity contribution in [1.29, 1.82) is 0 Å². The van der Waals surface area contributed by atoms with Gasteiger partial charge in [0.15, 0.2) is 0 Å². The summed E-state index contributed by atoms with van der Waals surface area (Å²) >= 11 is 3.27. The average molecular weight is 421 g/mol. The van der Waals surface area contributed by atoms with E-state index in [4.69, 9.17) is 0 Å². The van der Waals surface area contributed by atoms with Gasteiger partial charge in [0, 0.05) is 22.8 Å². The molecule has 0 amide bonds. The number of pyridine rings is 1. The van der Waals surface area contributed by atoms with Gasteiger partial charge >= 0.3 is 0 Å². The third-order valence-electron chi connectivity index (χ3n) is 3.57. The molecular formula is C18H14BrFN2O2S. The van der Waals surface area contributed by atoms with E-state index in [9.17, 15) is 12.8 Å². The first-order chi connectivity index (χ1) is 12.0. The molecule has 0 saturated heterocycles. The van der Waals surface area contributed by atoms with Crippen LogP contribution in [0.25, 0.3) is 11.3 Å². The van der Waals surface area contributed by atoms with Crippen LogP contribution in [0.5, 0.6) is 0 Å². The lowest BCUT2D eigenvalue weighted by Crippen LogP contribution is -2.23. The fraction of sp³-hybridized carbons (Fsp3) is 0.0556. The lowest BCUT2D eigenvalue weighted by Gasteiger charge is -2.11. The van der Waals surface area contributed by atoms with Crippen molar-refractivity contribution in [3.05, 3.63) is 82.7 Å². The molecule has 3 rings (SSSR count). The molecule has 0 fully saturated rings. The Hall–Kier alpha value is -2.09. The summed E-state index contributed by atoms with van der Waals surface area (Å²) < 4.78 is 41.3. The normalized spacial score (nSPS) is 11.4. The highest BCUT2D eigenvalue weighted by Crippen LogP contribution is 2.22. The molecule has 0 aliphatic carbocycles. The number of rotatable bonds is 5. The maximum absolute atomic E-state index is 13.1. The first-order valence-corrected chi connectivity index (χ1v) is 9.68. The van der Waals surface area contributed by atoms with E-state index in [0.29, 0.717) is 15.7 Å². The predicted octanol–water partition coefficient (Wildman–Crippen LogP) is 4.13. The molecule has 0 spiro atoms. The van der Waals surface area contributed by atoms with Crippen molar-refractivity contribution < 1.29 is 12.8 Å². The van der Waals surface area contributed by atoms with Gasteiger partial charge in [-0.15, -0.1) is 0 Å². The molecule has 1 heterocycles. The van der Waals surface area contributed by atoms with Crippen LogP contribution < -0.4 is 4.72 Å². The molecule has 0 unspecified atom stereocenters. The molecule has 3 aromatic rings. The summed E-state index contributed by atoms with van der Waals surface area (Å²) in [5, 5.41) is 0. The maximum atomic E-state index is 13.1. The summed E-state index contributed by atoms with van der Waals surface area (Å²) in [6.07, 6.45) is 1.62. The second-order valence-electron chi connectivity index (χ2n) is 5.30. The average Bonchev–Trinajstić information content (AvgIpc) is 2.61. The minimum Gasteiger partial charge on any atom is -0.256 e. The molecule has 0 aliphatic rings. The third-order valence-corrected chi connectivity index (χ3v) is 5.46. The Kier molecular flexibility index (Phi) is 5.27. The molecule has 1 aromatic heterocycles. The van der Waals surface area contributed by atoms with Crippen LogP contribution in [0.2, 0.25) is 0 Å². The minimum absolute atomic E-state index is 0.0788. The molecule has 0 radical (unpaired) electrons. The molecule has 4 nitrogen and oxygen atoms in total. The van der Waals surface area contributed by atoms with Gasteiger partial charge in [-0.2, -0.15) is 0 Å². The molecular weight excluding hydrogens is 407 g/mol. The molecule has 7 heteroatoms. The highest BCUT2D eigenvalue weighted by molar-refractivity contribution is 9.10. The number of hydrogen-bond acceptors (Lipinski definition) is 3. The Morgan fingerprint density at radius 2 is 1.80 bits per heavy atom. The first kappa shape index (κ1) is 17.7. The van der Waals surface area contributed by atoms with E-state index < -0.39 is 10.0 Å². The van der Waals surface area contributed by atoms with Gasteiger partial charge in [0.25, 0.3) is 0 Å². The van der Waals surface area contributed by atoms with Crippen molar-refractivity contribution in [1.82, 2.24) is 9.71 Å². The Bertz CT molecular complexity index is 992. The summed E-state index contributed by atoms with van der Waals surface area (Å²) in [5.41, 5.74) is 2.03. The molecule has 0 bridgehead atoms. The lowest BCUT2D eigenvalue weighted by molar-refractivity contribution is 0.581. The molecule has 0 saturated carbocycles. The molecule has 128 valence electrons. The third kappa shape index (κ3) is 4.31. The maximum Gasteiger partial charge on any atom is 0.240 e.